The van der Waals surface area contributed by atoms with Crippen LogP contribution in [0.3, 0.4) is 0 Å². The topological polar surface area (TPSA) is 104 Å². The molecule has 1 unspecified atom stereocenters. The van der Waals surface area contributed by atoms with Crippen LogP contribution in [0.5, 0.6) is 28.7 Å². The fourth-order valence-corrected chi connectivity index (χ4v) is 4.53. The molecule has 0 spiro atoms. The minimum Gasteiger partial charge on any atom is -0.507 e. The second kappa shape index (κ2) is 9.77. The van der Waals surface area contributed by atoms with E-state index in [2.05, 4.69) is 0 Å². The number of rotatable bonds is 7. The zero-order chi connectivity index (χ0) is 26.1. The van der Waals surface area contributed by atoms with Gasteiger partial charge in [-0.3, -0.25) is 14.5 Å². The molecule has 0 radical (unpaired) electrons. The van der Waals surface area contributed by atoms with E-state index in [1.54, 1.807) is 60.7 Å². The Morgan fingerprint density at radius 1 is 0.973 bits per heavy atom. The predicted octanol–water partition coefficient (Wildman–Crippen LogP) is 4.46. The maximum absolute atomic E-state index is 13.5. The average molecular weight is 504 g/mol. The van der Waals surface area contributed by atoms with Crippen molar-refractivity contribution in [1.82, 2.24) is 0 Å². The Bertz CT molecular complexity index is 1410. The van der Waals surface area contributed by atoms with Crippen LogP contribution >= 0.6 is 0 Å². The number of hydrogen-bond donors (Lipinski definition) is 1. The number of benzene rings is 3. The zero-order valence-electron chi connectivity index (χ0n) is 20.5. The van der Waals surface area contributed by atoms with Gasteiger partial charge in [0.25, 0.3) is 11.7 Å². The summed E-state index contributed by atoms with van der Waals surface area (Å²) in [6.07, 6.45) is 0. The summed E-state index contributed by atoms with van der Waals surface area (Å²) >= 11 is 0. The fourth-order valence-electron chi connectivity index (χ4n) is 4.53. The number of Topliss-reactive ketones (excluding diaryl/α,β-unsaturated/α-hetero) is 1. The van der Waals surface area contributed by atoms with E-state index in [4.69, 9.17) is 23.7 Å². The molecular formula is C28H25NO8. The van der Waals surface area contributed by atoms with Gasteiger partial charge in [0.15, 0.2) is 23.0 Å². The normalized spacial score (nSPS) is 17.7. The van der Waals surface area contributed by atoms with Crippen LogP contribution in [0.2, 0.25) is 0 Å². The van der Waals surface area contributed by atoms with Crippen LogP contribution < -0.4 is 28.6 Å². The van der Waals surface area contributed by atoms with Gasteiger partial charge in [-0.1, -0.05) is 12.1 Å². The van der Waals surface area contributed by atoms with Gasteiger partial charge in [-0.15, -0.1) is 0 Å². The van der Waals surface area contributed by atoms with Crippen LogP contribution in [-0.4, -0.2) is 44.4 Å². The molecule has 0 bridgehead atoms. The number of nitrogens with zero attached hydrogens (tertiary/aromatic N) is 1. The molecule has 3 aromatic rings. The summed E-state index contributed by atoms with van der Waals surface area (Å²) in [5.74, 6) is 0.469. The number of anilines is 1. The van der Waals surface area contributed by atoms with Crippen molar-refractivity contribution in [2.24, 2.45) is 0 Å². The summed E-state index contributed by atoms with van der Waals surface area (Å²) in [6, 6.07) is 15.9. The molecule has 190 valence electrons. The van der Waals surface area contributed by atoms with Crippen molar-refractivity contribution in [1.29, 1.82) is 0 Å². The van der Waals surface area contributed by atoms with Gasteiger partial charge in [-0.2, -0.15) is 0 Å². The first kappa shape index (κ1) is 24.1. The summed E-state index contributed by atoms with van der Waals surface area (Å²) in [6.45, 7) is 2.35. The lowest BCUT2D eigenvalue weighted by molar-refractivity contribution is -0.132. The minimum absolute atomic E-state index is 0.0613. The molecule has 3 aromatic carbocycles. The van der Waals surface area contributed by atoms with Crippen LogP contribution in [0, 0.1) is 0 Å². The fraction of sp³-hybridized carbons (Fsp3) is 0.214. The molecule has 2 heterocycles. The van der Waals surface area contributed by atoms with Crippen molar-refractivity contribution in [3.63, 3.8) is 0 Å². The van der Waals surface area contributed by atoms with E-state index in [0.717, 1.165) is 0 Å². The molecule has 0 aliphatic carbocycles. The van der Waals surface area contributed by atoms with Crippen LogP contribution in [0.15, 0.2) is 66.2 Å². The lowest BCUT2D eigenvalue weighted by Gasteiger charge is -2.26. The number of amides is 1. The van der Waals surface area contributed by atoms with E-state index in [1.165, 1.54) is 19.1 Å². The highest BCUT2D eigenvalue weighted by atomic mass is 16.7. The Balaban J connectivity index is 1.71. The molecule has 2 aliphatic heterocycles. The van der Waals surface area contributed by atoms with Crippen molar-refractivity contribution in [2.75, 3.05) is 32.5 Å². The third kappa shape index (κ3) is 4.18. The highest BCUT2D eigenvalue weighted by Gasteiger charge is 2.47. The molecule has 0 saturated carbocycles. The van der Waals surface area contributed by atoms with Crippen molar-refractivity contribution in [3.8, 4) is 28.7 Å². The lowest BCUT2D eigenvalue weighted by Crippen LogP contribution is -2.29. The van der Waals surface area contributed by atoms with Gasteiger partial charge in [-0.05, 0) is 55.0 Å². The Morgan fingerprint density at radius 2 is 1.76 bits per heavy atom. The Hall–Kier alpha value is -4.66. The number of carbonyl (C=O) groups is 2. The molecular weight excluding hydrogens is 478 g/mol. The van der Waals surface area contributed by atoms with Gasteiger partial charge in [-0.25, -0.2) is 0 Å². The molecule has 0 aromatic heterocycles. The van der Waals surface area contributed by atoms with Crippen molar-refractivity contribution in [2.45, 2.75) is 13.0 Å². The molecule has 5 rings (SSSR count). The zero-order valence-corrected chi connectivity index (χ0v) is 20.5. The number of fused-ring (bicyclic) bond motifs is 1. The van der Waals surface area contributed by atoms with Crippen LogP contribution in [0.25, 0.3) is 5.76 Å². The monoisotopic (exact) mass is 503 g/mol. The summed E-state index contributed by atoms with van der Waals surface area (Å²) in [5.41, 5.74) is 1.23. The SMILES string of the molecule is CCOc1cccc(N2C(=O)C(=O)/C(=C(/O)c3ccc4c(c3)OCO4)C2c2ccc(OC)c(OC)c2)c1. The van der Waals surface area contributed by atoms with Crippen LogP contribution in [0.4, 0.5) is 5.69 Å². The molecule has 1 fully saturated rings. The van der Waals surface area contributed by atoms with Crippen LogP contribution in [0.1, 0.15) is 24.1 Å². The summed E-state index contributed by atoms with van der Waals surface area (Å²) in [7, 11) is 3.01. The average Bonchev–Trinajstić information content (AvgIpc) is 3.50. The third-order valence-corrected chi connectivity index (χ3v) is 6.22. The molecule has 37 heavy (non-hydrogen) atoms. The van der Waals surface area contributed by atoms with Crippen LogP contribution in [-0.2, 0) is 9.59 Å². The van der Waals surface area contributed by atoms with Gasteiger partial charge < -0.3 is 28.8 Å². The van der Waals surface area contributed by atoms with E-state index in [0.29, 0.717) is 52.2 Å². The molecule has 9 nitrogen and oxygen atoms in total. The summed E-state index contributed by atoms with van der Waals surface area (Å²) < 4.78 is 27.2. The smallest absolute Gasteiger partial charge is 0.300 e. The predicted molar refractivity (Wildman–Crippen MR) is 135 cm³/mol. The summed E-state index contributed by atoms with van der Waals surface area (Å²) in [4.78, 5) is 28.3. The first-order valence-corrected chi connectivity index (χ1v) is 11.6. The number of aliphatic hydroxyl groups is 1. The van der Waals surface area contributed by atoms with Gasteiger partial charge in [0.05, 0.1) is 32.4 Å². The number of hydrogen-bond acceptors (Lipinski definition) is 8. The van der Waals surface area contributed by atoms with Crippen molar-refractivity contribution in [3.05, 3.63) is 77.4 Å². The molecule has 1 N–H and O–H groups in total. The van der Waals surface area contributed by atoms with Crippen molar-refractivity contribution >= 4 is 23.1 Å². The largest absolute Gasteiger partial charge is 0.507 e. The second-order valence-corrected chi connectivity index (χ2v) is 8.28. The van der Waals surface area contributed by atoms with Gasteiger partial charge in [0.1, 0.15) is 11.5 Å². The summed E-state index contributed by atoms with van der Waals surface area (Å²) in [5, 5.41) is 11.4. The standard InChI is InChI=1S/C28H25NO8/c1-4-35-19-7-5-6-18(14-19)29-25(16-8-10-20(33-2)22(12-16)34-3)24(27(31)28(29)32)26(30)17-9-11-21-23(13-17)37-15-36-21/h5-14,25,30H,4,15H2,1-3H3/b26-24+. The highest BCUT2D eigenvalue weighted by molar-refractivity contribution is 6.51. The minimum atomic E-state index is -0.956. The number of aliphatic hydroxyl groups excluding tert-OH is 1. The number of methoxy groups -OCH3 is 2. The molecule has 1 amide bonds. The Morgan fingerprint density at radius 3 is 2.51 bits per heavy atom. The number of ketones is 1. The van der Waals surface area contributed by atoms with Gasteiger partial charge >= 0.3 is 0 Å². The molecule has 1 atom stereocenters. The van der Waals surface area contributed by atoms with E-state index >= 15 is 0 Å². The number of carbonyl (C=O) groups excluding carboxylic acids is 2. The van der Waals surface area contributed by atoms with E-state index in [1.807, 2.05) is 6.92 Å². The van der Waals surface area contributed by atoms with E-state index in [9.17, 15) is 14.7 Å². The molecule has 1 saturated heterocycles. The van der Waals surface area contributed by atoms with E-state index < -0.39 is 17.7 Å². The third-order valence-electron chi connectivity index (χ3n) is 6.22. The maximum atomic E-state index is 13.5. The van der Waals surface area contributed by atoms with E-state index in [-0.39, 0.29) is 18.1 Å². The molecule has 9 heteroatoms. The first-order chi connectivity index (χ1) is 18.0. The number of ether oxygens (including phenoxy) is 5. The maximum Gasteiger partial charge on any atom is 0.300 e. The quantitative estimate of drug-likeness (QED) is 0.286. The highest BCUT2D eigenvalue weighted by Crippen LogP contribution is 2.45. The Kier molecular flexibility index (Phi) is 6.35. The van der Waals surface area contributed by atoms with Crippen molar-refractivity contribution < 1.29 is 38.4 Å². The first-order valence-electron chi connectivity index (χ1n) is 11.6. The second-order valence-electron chi connectivity index (χ2n) is 8.28. The van der Waals surface area contributed by atoms with Gasteiger partial charge in [0.2, 0.25) is 6.79 Å². The lowest BCUT2D eigenvalue weighted by atomic mass is 9.94. The Labute approximate surface area is 213 Å². The van der Waals surface area contributed by atoms with Gasteiger partial charge in [0, 0.05) is 17.3 Å². The molecule has 2 aliphatic rings.